The summed E-state index contributed by atoms with van der Waals surface area (Å²) in [6.07, 6.45) is 0. The lowest BCUT2D eigenvalue weighted by Crippen LogP contribution is -2.29. The Balaban J connectivity index is 1.77. The number of rotatable bonds is 3. The number of esters is 1. The maximum absolute atomic E-state index is 13.9. The molecule has 1 aliphatic heterocycles. The first-order valence-electron chi connectivity index (χ1n) is 10.0. The van der Waals surface area contributed by atoms with Crippen LogP contribution in [0.3, 0.4) is 0 Å². The van der Waals surface area contributed by atoms with Crippen molar-refractivity contribution in [2.75, 3.05) is 12.0 Å². The Labute approximate surface area is 191 Å². The normalized spacial score (nSPS) is 15.2. The molecule has 2 aromatic carbocycles. The second-order valence-corrected chi connectivity index (χ2v) is 8.83. The Morgan fingerprint density at radius 1 is 1.15 bits per heavy atom. The zero-order valence-electron chi connectivity index (χ0n) is 17.8. The van der Waals surface area contributed by atoms with Crippen LogP contribution in [0.5, 0.6) is 0 Å². The van der Waals surface area contributed by atoms with Gasteiger partial charge in [-0.2, -0.15) is 0 Å². The highest BCUT2D eigenvalue weighted by atomic mass is 32.1. The Hall–Kier alpha value is -3.85. The topological polar surface area (TPSA) is 89.7 Å². The number of anilines is 1. The number of carbonyl (C=O) groups excluding carboxylic acids is 2. The fraction of sp³-hybridized carbons (Fsp3) is 0.167. The number of aryl methyl sites for hydroxylation is 2. The van der Waals surface area contributed by atoms with Crippen LogP contribution in [0.4, 0.5) is 9.52 Å². The summed E-state index contributed by atoms with van der Waals surface area (Å²) in [4.78, 5) is 45.7. The number of hydrogen-bond acceptors (Lipinski definition) is 7. The van der Waals surface area contributed by atoms with Crippen molar-refractivity contribution >= 4 is 39.3 Å². The molecule has 0 saturated heterocycles. The van der Waals surface area contributed by atoms with E-state index in [4.69, 9.17) is 9.15 Å². The van der Waals surface area contributed by atoms with Crippen LogP contribution in [-0.2, 0) is 4.74 Å². The van der Waals surface area contributed by atoms with Crippen molar-refractivity contribution in [2.24, 2.45) is 0 Å². The Morgan fingerprint density at radius 2 is 1.88 bits per heavy atom. The van der Waals surface area contributed by atoms with Gasteiger partial charge in [0.2, 0.25) is 5.76 Å². The Bertz CT molecular complexity index is 1490. The molecule has 3 heterocycles. The molecule has 1 unspecified atom stereocenters. The summed E-state index contributed by atoms with van der Waals surface area (Å²) >= 11 is 1.32. The summed E-state index contributed by atoms with van der Waals surface area (Å²) in [6.45, 7) is 3.73. The van der Waals surface area contributed by atoms with E-state index in [-0.39, 0.29) is 22.3 Å². The number of ether oxygens (including phenoxy) is 1. The minimum absolute atomic E-state index is 0.0473. The third-order valence-electron chi connectivity index (χ3n) is 5.70. The molecular weight excluding hydrogens is 447 g/mol. The molecule has 4 aromatic rings. The fourth-order valence-corrected chi connectivity index (χ4v) is 4.87. The van der Waals surface area contributed by atoms with E-state index in [0.717, 1.165) is 16.6 Å². The number of aromatic nitrogens is 1. The molecule has 7 nitrogen and oxygen atoms in total. The highest BCUT2D eigenvalue weighted by molar-refractivity contribution is 7.15. The number of halogens is 1. The molecule has 0 fully saturated rings. The predicted molar refractivity (Wildman–Crippen MR) is 120 cm³/mol. The van der Waals surface area contributed by atoms with Gasteiger partial charge in [0, 0.05) is 4.88 Å². The van der Waals surface area contributed by atoms with Gasteiger partial charge in [-0.1, -0.05) is 12.1 Å². The first-order valence-corrected chi connectivity index (χ1v) is 10.8. The van der Waals surface area contributed by atoms with Gasteiger partial charge in [-0.25, -0.2) is 14.2 Å². The maximum Gasteiger partial charge on any atom is 0.337 e. The van der Waals surface area contributed by atoms with Gasteiger partial charge >= 0.3 is 5.97 Å². The van der Waals surface area contributed by atoms with Crippen molar-refractivity contribution in [1.29, 1.82) is 0 Å². The van der Waals surface area contributed by atoms with Crippen molar-refractivity contribution < 1.29 is 23.1 Å². The molecule has 0 spiro atoms. The number of amides is 1. The average Bonchev–Trinajstić information content (AvgIpc) is 3.29. The molecule has 0 N–H and O–H groups in total. The van der Waals surface area contributed by atoms with E-state index in [0.29, 0.717) is 16.3 Å². The maximum atomic E-state index is 13.9. The van der Waals surface area contributed by atoms with Crippen molar-refractivity contribution in [2.45, 2.75) is 19.9 Å². The summed E-state index contributed by atoms with van der Waals surface area (Å²) in [5.74, 6) is -1.70. The molecule has 0 bridgehead atoms. The van der Waals surface area contributed by atoms with Gasteiger partial charge < -0.3 is 9.15 Å². The summed E-state index contributed by atoms with van der Waals surface area (Å²) in [5, 5.41) is 0.462. The molecule has 166 valence electrons. The lowest BCUT2D eigenvalue weighted by molar-refractivity contribution is 0.0600. The molecule has 0 saturated carbocycles. The van der Waals surface area contributed by atoms with E-state index in [2.05, 4.69) is 4.98 Å². The number of nitrogens with zero attached hydrogens (tertiary/aromatic N) is 2. The van der Waals surface area contributed by atoms with Crippen LogP contribution in [0.1, 0.15) is 48.7 Å². The molecule has 0 aliphatic carbocycles. The van der Waals surface area contributed by atoms with Crippen LogP contribution in [0, 0.1) is 19.7 Å². The molecule has 9 heteroatoms. The number of fused-ring (bicyclic) bond motifs is 2. The standard InChI is InChI=1S/C24H17FN2O5S/c1-11-12(2)33-24(26-11)27-19(13-4-6-14(7-5-13)23(30)31-3)18-20(28)16-10-15(25)8-9-17(16)32-21(18)22(27)29/h4-10,19H,1-3H3. The van der Waals surface area contributed by atoms with Crippen LogP contribution in [0.15, 0.2) is 51.7 Å². The van der Waals surface area contributed by atoms with Gasteiger partial charge in [0.05, 0.1) is 35.4 Å². The Kier molecular flexibility index (Phi) is 4.86. The summed E-state index contributed by atoms with van der Waals surface area (Å²) < 4.78 is 24.5. The van der Waals surface area contributed by atoms with Gasteiger partial charge in [-0.15, -0.1) is 11.3 Å². The van der Waals surface area contributed by atoms with Crippen LogP contribution >= 0.6 is 11.3 Å². The lowest BCUT2D eigenvalue weighted by Gasteiger charge is -2.22. The molecule has 1 amide bonds. The zero-order valence-corrected chi connectivity index (χ0v) is 18.7. The van der Waals surface area contributed by atoms with Crippen molar-refractivity contribution in [1.82, 2.24) is 4.98 Å². The largest absolute Gasteiger partial charge is 0.465 e. The van der Waals surface area contributed by atoms with Gasteiger partial charge in [0.1, 0.15) is 11.4 Å². The van der Waals surface area contributed by atoms with Crippen molar-refractivity contribution in [3.05, 3.63) is 91.5 Å². The van der Waals surface area contributed by atoms with Gasteiger partial charge in [-0.3, -0.25) is 14.5 Å². The molecule has 0 radical (unpaired) electrons. The molecular formula is C24H17FN2O5S. The van der Waals surface area contributed by atoms with Gasteiger partial charge in [-0.05, 0) is 49.7 Å². The van der Waals surface area contributed by atoms with E-state index in [1.807, 2.05) is 13.8 Å². The SMILES string of the molecule is COC(=O)c1ccc(C2c3c(oc4ccc(F)cc4c3=O)C(=O)N2c2nc(C)c(C)s2)cc1. The molecule has 2 aromatic heterocycles. The van der Waals surface area contributed by atoms with E-state index in [9.17, 15) is 18.8 Å². The molecule has 5 rings (SSSR count). The van der Waals surface area contributed by atoms with Crippen LogP contribution in [0.2, 0.25) is 0 Å². The fourth-order valence-electron chi connectivity index (χ4n) is 3.94. The average molecular weight is 464 g/mol. The molecule has 33 heavy (non-hydrogen) atoms. The first kappa shape index (κ1) is 21.0. The second kappa shape index (κ2) is 7.63. The molecule has 1 atom stereocenters. The third kappa shape index (κ3) is 3.23. The number of hydrogen-bond donors (Lipinski definition) is 0. The predicted octanol–water partition coefficient (Wildman–Crippen LogP) is 4.54. The van der Waals surface area contributed by atoms with Crippen LogP contribution in [-0.4, -0.2) is 24.0 Å². The number of thiazole rings is 1. The van der Waals surface area contributed by atoms with E-state index >= 15 is 0 Å². The monoisotopic (exact) mass is 464 g/mol. The quantitative estimate of drug-likeness (QED) is 0.414. The third-order valence-corrected chi connectivity index (χ3v) is 6.78. The summed E-state index contributed by atoms with van der Waals surface area (Å²) in [6, 6.07) is 9.16. The van der Waals surface area contributed by atoms with Crippen molar-refractivity contribution in [3.63, 3.8) is 0 Å². The number of benzene rings is 2. The van der Waals surface area contributed by atoms with Gasteiger partial charge in [0.15, 0.2) is 10.6 Å². The first-order chi connectivity index (χ1) is 15.8. The lowest BCUT2D eigenvalue weighted by atomic mass is 9.97. The molecule has 1 aliphatic rings. The minimum atomic E-state index is -0.854. The van der Waals surface area contributed by atoms with Crippen LogP contribution < -0.4 is 10.3 Å². The number of methoxy groups -OCH3 is 1. The van der Waals surface area contributed by atoms with E-state index in [1.165, 1.54) is 35.5 Å². The van der Waals surface area contributed by atoms with E-state index < -0.39 is 29.2 Å². The minimum Gasteiger partial charge on any atom is -0.465 e. The van der Waals surface area contributed by atoms with E-state index in [1.54, 1.807) is 24.3 Å². The highest BCUT2D eigenvalue weighted by Gasteiger charge is 2.45. The number of carbonyl (C=O) groups is 2. The zero-order chi connectivity index (χ0) is 23.4. The van der Waals surface area contributed by atoms with Gasteiger partial charge in [0.25, 0.3) is 5.91 Å². The smallest absolute Gasteiger partial charge is 0.337 e. The highest BCUT2D eigenvalue weighted by Crippen LogP contribution is 2.43. The van der Waals surface area contributed by atoms with Crippen molar-refractivity contribution in [3.8, 4) is 0 Å². The summed E-state index contributed by atoms with van der Waals surface area (Å²) in [7, 11) is 1.28. The summed E-state index contributed by atoms with van der Waals surface area (Å²) in [5.41, 5.74) is 1.41. The van der Waals surface area contributed by atoms with Crippen LogP contribution in [0.25, 0.3) is 11.0 Å². The Morgan fingerprint density at radius 3 is 2.52 bits per heavy atom. The second-order valence-electron chi connectivity index (χ2n) is 7.64.